The summed E-state index contributed by atoms with van der Waals surface area (Å²) in [6.07, 6.45) is 4.11. The number of nitrogens with zero attached hydrogens (tertiary/aromatic N) is 1. The Balaban J connectivity index is 1.98. The molecule has 1 N–H and O–H groups in total. The predicted molar refractivity (Wildman–Crippen MR) is 112 cm³/mol. The molecule has 1 fully saturated rings. The van der Waals surface area contributed by atoms with Gasteiger partial charge in [-0.1, -0.05) is 18.5 Å². The molecule has 1 saturated heterocycles. The lowest BCUT2D eigenvalue weighted by Gasteiger charge is -2.35. The van der Waals surface area contributed by atoms with Crippen LogP contribution in [0.4, 0.5) is 0 Å². The van der Waals surface area contributed by atoms with Crippen molar-refractivity contribution in [2.24, 2.45) is 0 Å². The van der Waals surface area contributed by atoms with E-state index in [-0.39, 0.29) is 18.0 Å². The topological polar surface area (TPSA) is 60.0 Å². The SMILES string of the molecule is CCCOc1c(Cl)cc(/C=C/C(=O)NC(C)C(C)N2CCOCC2)cc1OC. The minimum Gasteiger partial charge on any atom is -0.493 e. The van der Waals surface area contributed by atoms with Gasteiger partial charge in [-0.3, -0.25) is 9.69 Å². The zero-order chi connectivity index (χ0) is 20.5. The van der Waals surface area contributed by atoms with Crippen molar-refractivity contribution < 1.29 is 19.0 Å². The maximum absolute atomic E-state index is 12.3. The van der Waals surface area contributed by atoms with E-state index in [1.807, 2.05) is 13.8 Å². The molecule has 2 rings (SSSR count). The highest BCUT2D eigenvalue weighted by atomic mass is 35.5. The molecule has 1 amide bonds. The second-order valence-electron chi connectivity index (χ2n) is 6.90. The zero-order valence-electron chi connectivity index (χ0n) is 17.2. The highest BCUT2D eigenvalue weighted by Crippen LogP contribution is 2.36. The molecule has 2 unspecified atom stereocenters. The van der Waals surface area contributed by atoms with Crippen LogP contribution in [0.3, 0.4) is 0 Å². The van der Waals surface area contributed by atoms with E-state index >= 15 is 0 Å². The number of rotatable bonds is 9. The van der Waals surface area contributed by atoms with Gasteiger partial charge in [-0.25, -0.2) is 0 Å². The molecular weight excluding hydrogens is 380 g/mol. The summed E-state index contributed by atoms with van der Waals surface area (Å²) in [6.45, 7) is 10.00. The molecule has 1 aliphatic heterocycles. The van der Waals surface area contributed by atoms with Crippen LogP contribution in [-0.2, 0) is 9.53 Å². The van der Waals surface area contributed by atoms with Crippen molar-refractivity contribution in [1.29, 1.82) is 0 Å². The molecule has 1 aromatic rings. The van der Waals surface area contributed by atoms with Crippen LogP contribution in [0.1, 0.15) is 32.8 Å². The molecule has 2 atom stereocenters. The largest absolute Gasteiger partial charge is 0.493 e. The lowest BCUT2D eigenvalue weighted by molar-refractivity contribution is -0.117. The summed E-state index contributed by atoms with van der Waals surface area (Å²) in [6, 6.07) is 3.84. The van der Waals surface area contributed by atoms with Crippen molar-refractivity contribution in [3.8, 4) is 11.5 Å². The first kappa shape index (κ1) is 22.5. The molecule has 0 spiro atoms. The van der Waals surface area contributed by atoms with Crippen LogP contribution in [-0.4, -0.2) is 62.9 Å². The summed E-state index contributed by atoms with van der Waals surface area (Å²) < 4.78 is 16.4. The fraction of sp³-hybridized carbons (Fsp3) is 0.571. The fourth-order valence-electron chi connectivity index (χ4n) is 3.05. The Morgan fingerprint density at radius 3 is 2.71 bits per heavy atom. The number of carbonyl (C=O) groups excluding carboxylic acids is 1. The predicted octanol–water partition coefficient (Wildman–Crippen LogP) is 3.38. The number of nitrogens with one attached hydrogen (secondary N) is 1. The van der Waals surface area contributed by atoms with Crippen LogP contribution in [0.15, 0.2) is 18.2 Å². The maximum atomic E-state index is 12.3. The number of methoxy groups -OCH3 is 1. The average Bonchev–Trinajstić information content (AvgIpc) is 2.71. The Hall–Kier alpha value is -1.76. The van der Waals surface area contributed by atoms with Gasteiger partial charge in [-0.2, -0.15) is 0 Å². The minimum atomic E-state index is -0.144. The average molecular weight is 411 g/mol. The van der Waals surface area contributed by atoms with Crippen LogP contribution >= 0.6 is 11.6 Å². The van der Waals surface area contributed by atoms with E-state index in [0.29, 0.717) is 23.1 Å². The number of amides is 1. The first-order valence-electron chi connectivity index (χ1n) is 9.77. The molecule has 0 aromatic heterocycles. The molecule has 6 nitrogen and oxygen atoms in total. The normalized spacial score (nSPS) is 17.3. The monoisotopic (exact) mass is 410 g/mol. The van der Waals surface area contributed by atoms with Crippen LogP contribution in [0.2, 0.25) is 5.02 Å². The second-order valence-corrected chi connectivity index (χ2v) is 7.31. The minimum absolute atomic E-state index is 0.0261. The lowest BCUT2D eigenvalue weighted by Crippen LogP contribution is -2.51. The molecule has 0 aliphatic carbocycles. The van der Waals surface area contributed by atoms with E-state index in [0.717, 1.165) is 38.3 Å². The molecular formula is C21H31ClN2O4. The van der Waals surface area contributed by atoms with E-state index in [1.165, 1.54) is 6.08 Å². The summed E-state index contributed by atoms with van der Waals surface area (Å²) in [5.41, 5.74) is 0.773. The zero-order valence-corrected chi connectivity index (χ0v) is 17.9. The van der Waals surface area contributed by atoms with Gasteiger partial charge in [-0.05, 0) is 44.0 Å². The van der Waals surface area contributed by atoms with Gasteiger partial charge in [0.1, 0.15) is 0 Å². The van der Waals surface area contributed by atoms with Crippen LogP contribution in [0.5, 0.6) is 11.5 Å². The van der Waals surface area contributed by atoms with E-state index < -0.39 is 0 Å². The van der Waals surface area contributed by atoms with Crippen molar-refractivity contribution >= 4 is 23.6 Å². The molecule has 0 bridgehead atoms. The van der Waals surface area contributed by atoms with Gasteiger partial charge < -0.3 is 19.5 Å². The molecule has 1 aliphatic rings. The van der Waals surface area contributed by atoms with E-state index in [4.69, 9.17) is 25.8 Å². The van der Waals surface area contributed by atoms with Crippen LogP contribution in [0, 0.1) is 0 Å². The third kappa shape index (κ3) is 6.40. The molecule has 7 heteroatoms. The lowest BCUT2D eigenvalue weighted by atomic mass is 10.1. The summed E-state index contributed by atoms with van der Waals surface area (Å²) in [7, 11) is 1.57. The van der Waals surface area contributed by atoms with E-state index in [1.54, 1.807) is 25.3 Å². The van der Waals surface area contributed by atoms with Gasteiger partial charge in [0.05, 0.1) is 32.0 Å². The van der Waals surface area contributed by atoms with Gasteiger partial charge in [0.25, 0.3) is 0 Å². The number of ether oxygens (including phenoxy) is 3. The number of halogens is 1. The van der Waals surface area contributed by atoms with E-state index in [9.17, 15) is 4.79 Å². The molecule has 0 saturated carbocycles. The smallest absolute Gasteiger partial charge is 0.244 e. The van der Waals surface area contributed by atoms with Gasteiger partial charge in [0, 0.05) is 31.2 Å². The van der Waals surface area contributed by atoms with Gasteiger partial charge in [0.2, 0.25) is 5.91 Å². The van der Waals surface area contributed by atoms with Gasteiger partial charge in [-0.15, -0.1) is 0 Å². The summed E-state index contributed by atoms with van der Waals surface area (Å²) >= 11 is 6.32. The summed E-state index contributed by atoms with van der Waals surface area (Å²) in [5.74, 6) is 0.935. The van der Waals surface area contributed by atoms with Crippen molar-refractivity contribution in [2.45, 2.75) is 39.3 Å². The number of hydrogen-bond donors (Lipinski definition) is 1. The quantitative estimate of drug-likeness (QED) is 0.632. The van der Waals surface area contributed by atoms with Gasteiger partial charge >= 0.3 is 0 Å². The summed E-state index contributed by atoms with van der Waals surface area (Å²) in [5, 5.41) is 3.49. The molecule has 28 heavy (non-hydrogen) atoms. The highest BCUT2D eigenvalue weighted by molar-refractivity contribution is 6.32. The van der Waals surface area contributed by atoms with Crippen molar-refractivity contribution in [3.63, 3.8) is 0 Å². The summed E-state index contributed by atoms with van der Waals surface area (Å²) in [4.78, 5) is 14.7. The number of hydrogen-bond acceptors (Lipinski definition) is 5. The first-order chi connectivity index (χ1) is 13.5. The Kier molecular flexibility index (Phi) is 9.09. The third-order valence-corrected chi connectivity index (χ3v) is 5.13. The third-order valence-electron chi connectivity index (χ3n) is 4.84. The Bertz CT molecular complexity index is 675. The number of carbonyl (C=O) groups is 1. The number of morpholine rings is 1. The molecule has 156 valence electrons. The second kappa shape index (κ2) is 11.3. The Morgan fingerprint density at radius 1 is 1.36 bits per heavy atom. The standard InChI is InChI=1S/C21H31ClN2O4/c1-5-10-28-21-18(22)13-17(14-19(21)26-4)6-7-20(25)23-15(2)16(3)24-8-11-27-12-9-24/h6-7,13-16H,5,8-12H2,1-4H3,(H,23,25)/b7-6+. The first-order valence-corrected chi connectivity index (χ1v) is 10.1. The molecule has 1 heterocycles. The van der Waals surface area contributed by atoms with Crippen molar-refractivity contribution in [1.82, 2.24) is 10.2 Å². The van der Waals surface area contributed by atoms with Crippen molar-refractivity contribution in [2.75, 3.05) is 40.0 Å². The van der Waals surface area contributed by atoms with Crippen LogP contribution < -0.4 is 14.8 Å². The van der Waals surface area contributed by atoms with E-state index in [2.05, 4.69) is 17.1 Å². The molecule has 0 radical (unpaired) electrons. The van der Waals surface area contributed by atoms with Crippen molar-refractivity contribution in [3.05, 3.63) is 28.8 Å². The van der Waals surface area contributed by atoms with Gasteiger partial charge in [0.15, 0.2) is 11.5 Å². The molecule has 1 aromatic carbocycles. The van der Waals surface area contributed by atoms with Crippen LogP contribution in [0.25, 0.3) is 6.08 Å². The maximum Gasteiger partial charge on any atom is 0.244 e. The fourth-order valence-corrected chi connectivity index (χ4v) is 3.32. The number of benzene rings is 1. The Morgan fingerprint density at radius 2 is 2.07 bits per heavy atom. The highest BCUT2D eigenvalue weighted by Gasteiger charge is 2.22. The Labute approximate surface area is 172 Å².